The molecule has 0 fully saturated rings. The summed E-state index contributed by atoms with van der Waals surface area (Å²) >= 11 is 0. The molecule has 0 atom stereocenters. The van der Waals surface area contributed by atoms with Crippen LogP contribution in [0.25, 0.3) is 5.57 Å². The van der Waals surface area contributed by atoms with Crippen molar-refractivity contribution in [3.8, 4) is 0 Å². The van der Waals surface area contributed by atoms with Crippen LogP contribution < -0.4 is 0 Å². The number of esters is 1. The number of carbonyl (C=O) groups excluding carboxylic acids is 2. The molecule has 3 rings (SSSR count). The third-order valence-corrected chi connectivity index (χ3v) is 4.59. The summed E-state index contributed by atoms with van der Waals surface area (Å²) in [7, 11) is 0. The second-order valence-electron chi connectivity index (χ2n) is 7.15. The number of benzene rings is 1. The van der Waals surface area contributed by atoms with Gasteiger partial charge >= 0.3 is 5.97 Å². The molecule has 0 saturated carbocycles. The number of H-pyrrole nitrogens is 1. The fourth-order valence-corrected chi connectivity index (χ4v) is 3.28. The zero-order valence-electron chi connectivity index (χ0n) is 15.8. The van der Waals surface area contributed by atoms with Gasteiger partial charge < -0.3 is 9.64 Å². The third-order valence-electron chi connectivity index (χ3n) is 4.59. The molecule has 1 aliphatic rings. The number of hydrogen-bond donors (Lipinski definition) is 1. The molecule has 1 aromatic heterocycles. The van der Waals surface area contributed by atoms with Crippen molar-refractivity contribution in [3.63, 3.8) is 0 Å². The van der Waals surface area contributed by atoms with Crippen molar-refractivity contribution in [2.45, 2.75) is 33.1 Å². The molecule has 6 nitrogen and oxygen atoms in total. The molecule has 2 heterocycles. The lowest BCUT2D eigenvalue weighted by atomic mass is 9.85. The number of aromatic amines is 1. The lowest BCUT2D eigenvalue weighted by Gasteiger charge is -2.28. The fourth-order valence-electron chi connectivity index (χ4n) is 3.28. The van der Waals surface area contributed by atoms with Crippen molar-refractivity contribution in [3.05, 3.63) is 58.8 Å². The van der Waals surface area contributed by atoms with Crippen molar-refractivity contribution < 1.29 is 18.7 Å². The van der Waals surface area contributed by atoms with E-state index >= 15 is 0 Å². The molecule has 0 aliphatic carbocycles. The zero-order valence-corrected chi connectivity index (χ0v) is 15.8. The standard InChI is InChI=1S/C20H22FN3O3/c1-5-27-19(26)15-10-24(18(25)13-6-8-14(21)9-7-13)11-20(3,4)17-16(15)12(2)22-23-17/h6-10H,5,11H2,1-4H3,(H,22,23). The van der Waals surface area contributed by atoms with Crippen LogP contribution in [0.15, 0.2) is 30.5 Å². The second-order valence-corrected chi connectivity index (χ2v) is 7.15. The minimum absolute atomic E-state index is 0.220. The van der Waals surface area contributed by atoms with Gasteiger partial charge in [0.2, 0.25) is 0 Å². The molecule has 142 valence electrons. The molecule has 0 spiro atoms. The van der Waals surface area contributed by atoms with E-state index in [2.05, 4.69) is 10.2 Å². The number of hydrogen-bond acceptors (Lipinski definition) is 4. The van der Waals surface area contributed by atoms with E-state index in [4.69, 9.17) is 4.74 Å². The smallest absolute Gasteiger partial charge is 0.340 e. The van der Waals surface area contributed by atoms with Crippen molar-refractivity contribution >= 4 is 17.4 Å². The maximum absolute atomic E-state index is 13.2. The first-order valence-electron chi connectivity index (χ1n) is 8.76. The number of halogens is 1. The Hall–Kier alpha value is -2.96. The number of nitrogens with one attached hydrogen (secondary N) is 1. The van der Waals surface area contributed by atoms with Crippen LogP contribution in [0.5, 0.6) is 0 Å². The van der Waals surface area contributed by atoms with E-state index in [9.17, 15) is 14.0 Å². The van der Waals surface area contributed by atoms with Crippen molar-refractivity contribution in [1.29, 1.82) is 0 Å². The molecule has 1 amide bonds. The zero-order chi connectivity index (χ0) is 19.8. The van der Waals surface area contributed by atoms with Crippen LogP contribution in [0, 0.1) is 12.7 Å². The molecule has 0 radical (unpaired) electrons. The summed E-state index contributed by atoms with van der Waals surface area (Å²) in [5.41, 5.74) is 2.22. The maximum atomic E-state index is 13.2. The summed E-state index contributed by atoms with van der Waals surface area (Å²) in [6.45, 7) is 8.00. The van der Waals surface area contributed by atoms with Crippen LogP contribution in [0.2, 0.25) is 0 Å². The van der Waals surface area contributed by atoms with E-state index in [1.54, 1.807) is 13.8 Å². The largest absolute Gasteiger partial charge is 0.462 e. The Morgan fingerprint density at radius 3 is 2.59 bits per heavy atom. The molecule has 2 aromatic rings. The van der Waals surface area contributed by atoms with Gasteiger partial charge in [0.1, 0.15) is 5.82 Å². The number of aromatic nitrogens is 2. The van der Waals surface area contributed by atoms with E-state index in [0.717, 1.165) is 5.69 Å². The normalized spacial score (nSPS) is 15.6. The number of carbonyl (C=O) groups is 2. The van der Waals surface area contributed by atoms with Gasteiger partial charge in [0, 0.05) is 29.3 Å². The van der Waals surface area contributed by atoms with Gasteiger partial charge in [-0.1, -0.05) is 13.8 Å². The predicted molar refractivity (Wildman–Crippen MR) is 98.4 cm³/mol. The second kappa shape index (κ2) is 6.98. The fraction of sp³-hybridized carbons (Fsp3) is 0.350. The van der Waals surface area contributed by atoms with Gasteiger partial charge in [0.05, 0.1) is 23.6 Å². The summed E-state index contributed by atoms with van der Waals surface area (Å²) < 4.78 is 18.4. The van der Waals surface area contributed by atoms with Crippen LogP contribution in [-0.2, 0) is 14.9 Å². The van der Waals surface area contributed by atoms with E-state index < -0.39 is 17.2 Å². The first-order valence-corrected chi connectivity index (χ1v) is 8.76. The predicted octanol–water partition coefficient (Wildman–Crippen LogP) is 3.19. The van der Waals surface area contributed by atoms with Gasteiger partial charge in [-0.15, -0.1) is 0 Å². The number of fused-ring (bicyclic) bond motifs is 1. The Morgan fingerprint density at radius 2 is 1.96 bits per heavy atom. The van der Waals surface area contributed by atoms with Gasteiger partial charge in [-0.2, -0.15) is 5.10 Å². The summed E-state index contributed by atoms with van der Waals surface area (Å²) in [6.07, 6.45) is 1.51. The number of aryl methyl sites for hydroxylation is 1. The minimum Gasteiger partial charge on any atom is -0.462 e. The lowest BCUT2D eigenvalue weighted by Crippen LogP contribution is -2.37. The highest BCUT2D eigenvalue weighted by Crippen LogP contribution is 2.36. The minimum atomic E-state index is -0.516. The van der Waals surface area contributed by atoms with Crippen LogP contribution in [0.1, 0.15) is 48.1 Å². The summed E-state index contributed by atoms with van der Waals surface area (Å²) in [5.74, 6) is -1.25. The first kappa shape index (κ1) is 18.8. The Balaban J connectivity index is 2.11. The van der Waals surface area contributed by atoms with Crippen molar-refractivity contribution in [1.82, 2.24) is 15.1 Å². The lowest BCUT2D eigenvalue weighted by molar-refractivity contribution is -0.136. The Morgan fingerprint density at radius 1 is 1.30 bits per heavy atom. The molecular weight excluding hydrogens is 349 g/mol. The SMILES string of the molecule is CCOC(=O)C1=CN(C(=O)c2ccc(F)cc2)CC(C)(C)c2[nH]nc(C)c21. The maximum Gasteiger partial charge on any atom is 0.340 e. The molecular formula is C20H22FN3O3. The monoisotopic (exact) mass is 371 g/mol. The average molecular weight is 371 g/mol. The number of nitrogens with zero attached hydrogens (tertiary/aromatic N) is 2. The molecule has 1 aromatic carbocycles. The van der Waals surface area contributed by atoms with E-state index in [-0.39, 0.29) is 18.1 Å². The average Bonchev–Trinajstić information content (AvgIpc) is 2.95. The van der Waals surface area contributed by atoms with Gasteiger partial charge in [-0.3, -0.25) is 9.89 Å². The molecule has 1 N–H and O–H groups in total. The summed E-state index contributed by atoms with van der Waals surface area (Å²) in [5, 5.41) is 7.25. The molecule has 1 aliphatic heterocycles. The van der Waals surface area contributed by atoms with Gasteiger partial charge in [-0.25, -0.2) is 9.18 Å². The molecule has 0 saturated heterocycles. The van der Waals surface area contributed by atoms with Gasteiger partial charge in [0.15, 0.2) is 0 Å². The Bertz CT molecular complexity index is 913. The van der Waals surface area contributed by atoms with Crippen molar-refractivity contribution in [2.75, 3.05) is 13.2 Å². The number of ether oxygens (including phenoxy) is 1. The highest BCUT2D eigenvalue weighted by atomic mass is 19.1. The molecule has 0 bridgehead atoms. The summed E-state index contributed by atoms with van der Waals surface area (Å²) in [4.78, 5) is 27.1. The van der Waals surface area contributed by atoms with Crippen LogP contribution >= 0.6 is 0 Å². The van der Waals surface area contributed by atoms with E-state index in [0.29, 0.717) is 23.4 Å². The highest BCUT2D eigenvalue weighted by Gasteiger charge is 2.37. The van der Waals surface area contributed by atoms with E-state index in [1.165, 1.54) is 35.4 Å². The number of amides is 1. The van der Waals surface area contributed by atoms with Crippen LogP contribution in [0.3, 0.4) is 0 Å². The van der Waals surface area contributed by atoms with Gasteiger partial charge in [0.25, 0.3) is 5.91 Å². The van der Waals surface area contributed by atoms with Crippen LogP contribution in [-0.4, -0.2) is 40.1 Å². The number of rotatable bonds is 3. The topological polar surface area (TPSA) is 75.3 Å². The third kappa shape index (κ3) is 3.49. The Labute approximate surface area is 157 Å². The molecule has 7 heteroatoms. The van der Waals surface area contributed by atoms with E-state index in [1.807, 2.05) is 13.8 Å². The van der Waals surface area contributed by atoms with Crippen LogP contribution in [0.4, 0.5) is 4.39 Å². The molecule has 27 heavy (non-hydrogen) atoms. The highest BCUT2D eigenvalue weighted by molar-refractivity contribution is 6.18. The first-order chi connectivity index (χ1) is 12.7. The Kier molecular flexibility index (Phi) is 4.87. The van der Waals surface area contributed by atoms with Gasteiger partial charge in [-0.05, 0) is 38.1 Å². The summed E-state index contributed by atoms with van der Waals surface area (Å²) in [6, 6.07) is 5.34. The van der Waals surface area contributed by atoms with Crippen molar-refractivity contribution in [2.24, 2.45) is 0 Å². The molecule has 0 unspecified atom stereocenters. The quantitative estimate of drug-likeness (QED) is 0.841.